The minimum absolute atomic E-state index is 0.0955. The molecule has 174 valence electrons. The van der Waals surface area contributed by atoms with Crippen LogP contribution in [0.4, 0.5) is 4.39 Å². The largest absolute Gasteiger partial charge is 0.473 e. The van der Waals surface area contributed by atoms with E-state index in [9.17, 15) is 14.4 Å². The fourth-order valence-electron chi connectivity index (χ4n) is 4.75. The molecule has 1 fully saturated rings. The molecule has 9 heteroatoms. The first-order chi connectivity index (χ1) is 16.4. The summed E-state index contributed by atoms with van der Waals surface area (Å²) in [6, 6.07) is 10.3. The van der Waals surface area contributed by atoms with Crippen LogP contribution in [0, 0.1) is 17.1 Å². The quantitative estimate of drug-likeness (QED) is 0.627. The number of rotatable bonds is 5. The second-order valence-electron chi connectivity index (χ2n) is 8.92. The van der Waals surface area contributed by atoms with Crippen molar-refractivity contribution in [3.8, 4) is 28.9 Å². The van der Waals surface area contributed by atoms with Gasteiger partial charge in [0.2, 0.25) is 5.88 Å². The summed E-state index contributed by atoms with van der Waals surface area (Å²) < 4.78 is 22.4. The Kier molecular flexibility index (Phi) is 5.75. The van der Waals surface area contributed by atoms with Gasteiger partial charge < -0.3 is 15.0 Å². The van der Waals surface area contributed by atoms with Crippen LogP contribution in [0.15, 0.2) is 36.5 Å². The average Bonchev–Trinajstić information content (AvgIpc) is 3.45. The predicted molar refractivity (Wildman–Crippen MR) is 123 cm³/mol. The van der Waals surface area contributed by atoms with Crippen LogP contribution < -0.4 is 10.1 Å². The van der Waals surface area contributed by atoms with Crippen molar-refractivity contribution in [2.75, 3.05) is 14.1 Å². The molecule has 2 aliphatic rings. The van der Waals surface area contributed by atoms with Gasteiger partial charge in [-0.15, -0.1) is 5.10 Å². The summed E-state index contributed by atoms with van der Waals surface area (Å²) >= 11 is 0. The van der Waals surface area contributed by atoms with Gasteiger partial charge in [-0.1, -0.05) is 6.07 Å². The first-order valence-electron chi connectivity index (χ1n) is 11.3. The number of nitriles is 1. The number of hydrogen-bond acceptors (Lipinski definition) is 6. The minimum atomic E-state index is -0.549. The molecule has 1 aromatic carbocycles. The molecule has 1 saturated carbocycles. The van der Waals surface area contributed by atoms with Crippen molar-refractivity contribution in [3.63, 3.8) is 0 Å². The SMILES string of the molecule is CN(C)C1CCC(Oc2ccn(-c3cc(-c4c(F)cccc4C#N)nc4c3C(=O)NC4)n2)CC1. The van der Waals surface area contributed by atoms with Gasteiger partial charge in [0.15, 0.2) is 0 Å². The zero-order valence-electron chi connectivity index (χ0n) is 19.1. The van der Waals surface area contributed by atoms with Crippen LogP contribution in [-0.2, 0) is 6.54 Å². The van der Waals surface area contributed by atoms with E-state index in [1.807, 2.05) is 6.07 Å². The molecule has 2 aromatic heterocycles. The monoisotopic (exact) mass is 460 g/mol. The van der Waals surface area contributed by atoms with Crippen molar-refractivity contribution < 1.29 is 13.9 Å². The van der Waals surface area contributed by atoms with Crippen LogP contribution in [0.3, 0.4) is 0 Å². The molecule has 3 aromatic rings. The third-order valence-corrected chi connectivity index (χ3v) is 6.58. The molecule has 1 N–H and O–H groups in total. The van der Waals surface area contributed by atoms with Crippen LogP contribution in [0.2, 0.25) is 0 Å². The summed E-state index contributed by atoms with van der Waals surface area (Å²) in [5.74, 6) is -0.340. The summed E-state index contributed by atoms with van der Waals surface area (Å²) in [5, 5.41) is 16.8. The molecule has 8 nitrogen and oxygen atoms in total. The number of ether oxygens (including phenoxy) is 1. The highest BCUT2D eigenvalue weighted by Crippen LogP contribution is 2.32. The Morgan fingerprint density at radius 1 is 1.21 bits per heavy atom. The van der Waals surface area contributed by atoms with Gasteiger partial charge in [-0.2, -0.15) is 5.26 Å². The molecule has 0 unspecified atom stereocenters. The molecule has 0 saturated heterocycles. The molecule has 0 bridgehead atoms. The van der Waals surface area contributed by atoms with E-state index < -0.39 is 5.82 Å². The Labute approximate surface area is 197 Å². The first-order valence-corrected chi connectivity index (χ1v) is 11.3. The van der Waals surface area contributed by atoms with Gasteiger partial charge in [0.1, 0.15) is 11.9 Å². The Morgan fingerprint density at radius 2 is 2.00 bits per heavy atom. The van der Waals surface area contributed by atoms with Crippen LogP contribution >= 0.6 is 0 Å². The van der Waals surface area contributed by atoms with Crippen LogP contribution in [-0.4, -0.2) is 51.8 Å². The summed E-state index contributed by atoms with van der Waals surface area (Å²) in [5.41, 5.74) is 1.90. The van der Waals surface area contributed by atoms with E-state index in [-0.39, 0.29) is 35.4 Å². The highest BCUT2D eigenvalue weighted by Gasteiger charge is 2.29. The highest BCUT2D eigenvalue weighted by atomic mass is 19.1. The highest BCUT2D eigenvalue weighted by molar-refractivity contribution is 6.01. The maximum Gasteiger partial charge on any atom is 0.255 e. The van der Waals surface area contributed by atoms with Gasteiger partial charge >= 0.3 is 0 Å². The van der Waals surface area contributed by atoms with E-state index in [0.717, 1.165) is 25.7 Å². The number of aromatic nitrogens is 3. The smallest absolute Gasteiger partial charge is 0.255 e. The molecule has 0 spiro atoms. The van der Waals surface area contributed by atoms with Crippen molar-refractivity contribution in [3.05, 3.63) is 59.2 Å². The lowest BCUT2D eigenvalue weighted by atomic mass is 9.92. The number of pyridine rings is 1. The molecular formula is C25H25FN6O2. The van der Waals surface area contributed by atoms with E-state index in [0.29, 0.717) is 28.9 Å². The summed E-state index contributed by atoms with van der Waals surface area (Å²) in [6.45, 7) is 0.227. The van der Waals surface area contributed by atoms with Gasteiger partial charge in [0, 0.05) is 18.3 Å². The number of benzene rings is 1. The Balaban J connectivity index is 1.48. The van der Waals surface area contributed by atoms with Crippen molar-refractivity contribution in [1.82, 2.24) is 25.0 Å². The maximum atomic E-state index is 14.7. The van der Waals surface area contributed by atoms with E-state index in [2.05, 4.69) is 34.4 Å². The molecule has 34 heavy (non-hydrogen) atoms. The number of carbonyl (C=O) groups is 1. The fraction of sp³-hybridized carbons (Fsp3) is 0.360. The van der Waals surface area contributed by atoms with Gasteiger partial charge in [0.25, 0.3) is 5.91 Å². The lowest BCUT2D eigenvalue weighted by Gasteiger charge is -2.32. The van der Waals surface area contributed by atoms with Crippen LogP contribution in [0.1, 0.15) is 47.3 Å². The third kappa shape index (κ3) is 4.01. The zero-order valence-corrected chi connectivity index (χ0v) is 19.1. The summed E-state index contributed by atoms with van der Waals surface area (Å²) in [7, 11) is 4.21. The standard InChI is InChI=1S/C25H25FN6O2/c1-31(2)16-6-8-17(9-7-16)34-22-10-11-32(30-22)21-12-19(29-20-14-28-25(33)24(20)21)23-15(13-27)4-3-5-18(23)26/h3-5,10-12,16-17H,6-9,14H2,1-2H3,(H,28,33). The van der Waals surface area contributed by atoms with Crippen LogP contribution in [0.5, 0.6) is 5.88 Å². The number of amides is 1. The number of carbonyl (C=O) groups excluding carboxylic acids is 1. The number of nitrogens with one attached hydrogen (secondary N) is 1. The Hall–Kier alpha value is -3.77. The molecule has 1 aliphatic heterocycles. The summed E-state index contributed by atoms with van der Waals surface area (Å²) in [4.78, 5) is 19.3. The fourth-order valence-corrected chi connectivity index (χ4v) is 4.75. The van der Waals surface area contributed by atoms with E-state index in [1.54, 1.807) is 29.1 Å². The van der Waals surface area contributed by atoms with Crippen molar-refractivity contribution >= 4 is 5.91 Å². The zero-order chi connectivity index (χ0) is 23.8. The lowest BCUT2D eigenvalue weighted by molar-refractivity contribution is 0.0965. The van der Waals surface area contributed by atoms with E-state index >= 15 is 0 Å². The molecule has 5 rings (SSSR count). The molecule has 3 heterocycles. The lowest BCUT2D eigenvalue weighted by Crippen LogP contribution is -2.35. The Bertz CT molecular complexity index is 1290. The van der Waals surface area contributed by atoms with E-state index in [4.69, 9.17) is 4.74 Å². The van der Waals surface area contributed by atoms with Crippen molar-refractivity contribution in [2.24, 2.45) is 0 Å². The predicted octanol–water partition coefficient (Wildman–Crippen LogP) is 3.44. The number of fused-ring (bicyclic) bond motifs is 1. The van der Waals surface area contributed by atoms with Crippen molar-refractivity contribution in [2.45, 2.75) is 44.4 Å². The van der Waals surface area contributed by atoms with Crippen LogP contribution in [0.25, 0.3) is 16.9 Å². The summed E-state index contributed by atoms with van der Waals surface area (Å²) in [6.07, 6.45) is 5.87. The molecule has 1 amide bonds. The maximum absolute atomic E-state index is 14.7. The Morgan fingerprint density at radius 3 is 2.74 bits per heavy atom. The average molecular weight is 461 g/mol. The van der Waals surface area contributed by atoms with Gasteiger partial charge in [-0.05, 0) is 58.0 Å². The number of hydrogen-bond donors (Lipinski definition) is 1. The molecule has 0 radical (unpaired) electrons. The topological polar surface area (TPSA) is 96.1 Å². The van der Waals surface area contributed by atoms with Crippen molar-refractivity contribution in [1.29, 1.82) is 5.26 Å². The number of halogens is 1. The second kappa shape index (κ2) is 8.88. The van der Waals surface area contributed by atoms with Gasteiger partial charge in [-0.3, -0.25) is 4.79 Å². The molecule has 1 aliphatic carbocycles. The van der Waals surface area contributed by atoms with Gasteiger partial charge in [-0.25, -0.2) is 14.1 Å². The number of nitrogens with zero attached hydrogens (tertiary/aromatic N) is 5. The van der Waals surface area contributed by atoms with E-state index in [1.165, 1.54) is 12.1 Å². The molecular weight excluding hydrogens is 435 g/mol. The third-order valence-electron chi connectivity index (χ3n) is 6.58. The minimum Gasteiger partial charge on any atom is -0.473 e. The second-order valence-corrected chi connectivity index (χ2v) is 8.92. The normalized spacial score (nSPS) is 19.6. The molecule has 0 atom stereocenters. The van der Waals surface area contributed by atoms with Gasteiger partial charge in [0.05, 0.1) is 46.4 Å². The first kappa shape index (κ1) is 22.0.